The van der Waals surface area contributed by atoms with E-state index in [1.165, 1.54) is 6.92 Å². The zero-order valence-corrected chi connectivity index (χ0v) is 18.1. The molecule has 2 atom stereocenters. The van der Waals surface area contributed by atoms with E-state index in [1.54, 1.807) is 7.11 Å². The SMILES string of the molecule is COc1ccccc1CCNC(=O)CN1CC[C@@](NC(C)=O)(c2ccccc2)[C@H](O)C1. The highest BCUT2D eigenvalue weighted by molar-refractivity contribution is 5.78. The topological polar surface area (TPSA) is 90.9 Å². The molecule has 2 aromatic rings. The molecule has 7 nitrogen and oxygen atoms in total. The number of piperidine rings is 1. The molecule has 0 aromatic heterocycles. The molecule has 0 saturated carbocycles. The van der Waals surface area contributed by atoms with Crippen LogP contribution in [0.15, 0.2) is 54.6 Å². The average Bonchev–Trinajstić information content (AvgIpc) is 2.76. The molecular weight excluding hydrogens is 394 g/mol. The zero-order valence-electron chi connectivity index (χ0n) is 18.1. The number of β-amino-alcohol motifs (C(OH)–C–C–N with tert-alkyl or cyclic N) is 1. The molecule has 0 aliphatic carbocycles. The quantitative estimate of drug-likeness (QED) is 0.596. The largest absolute Gasteiger partial charge is 0.496 e. The standard InChI is InChI=1S/C24H31N3O4/c1-18(28)26-24(20-9-4-3-5-10-20)13-15-27(16-22(24)29)17-23(30)25-14-12-19-8-6-7-11-21(19)31-2/h3-11,22,29H,12-17H2,1-2H3,(H,25,30)(H,26,28)/t22-,24-/m1/s1. The van der Waals surface area contributed by atoms with Crippen LogP contribution in [0.5, 0.6) is 5.75 Å². The van der Waals surface area contributed by atoms with Crippen LogP contribution in [0, 0.1) is 0 Å². The number of carbonyl (C=O) groups excluding carboxylic acids is 2. The van der Waals surface area contributed by atoms with Crippen molar-refractivity contribution in [3.63, 3.8) is 0 Å². The van der Waals surface area contributed by atoms with E-state index in [2.05, 4.69) is 10.6 Å². The lowest BCUT2D eigenvalue weighted by Crippen LogP contribution is -2.62. The van der Waals surface area contributed by atoms with Gasteiger partial charge in [0.2, 0.25) is 11.8 Å². The maximum atomic E-state index is 12.4. The summed E-state index contributed by atoms with van der Waals surface area (Å²) < 4.78 is 5.34. The summed E-state index contributed by atoms with van der Waals surface area (Å²) in [7, 11) is 1.63. The molecular formula is C24H31N3O4. The van der Waals surface area contributed by atoms with Crippen LogP contribution in [0.1, 0.15) is 24.5 Å². The van der Waals surface area contributed by atoms with Crippen molar-refractivity contribution in [3.05, 3.63) is 65.7 Å². The number of hydrogen-bond acceptors (Lipinski definition) is 5. The highest BCUT2D eigenvalue weighted by atomic mass is 16.5. The Morgan fingerprint density at radius 2 is 1.87 bits per heavy atom. The first-order valence-electron chi connectivity index (χ1n) is 10.6. The summed E-state index contributed by atoms with van der Waals surface area (Å²) in [6.07, 6.45) is 0.374. The molecule has 1 saturated heterocycles. The van der Waals surface area contributed by atoms with Gasteiger partial charge in [0.05, 0.1) is 25.3 Å². The van der Waals surface area contributed by atoms with Gasteiger partial charge < -0.3 is 20.5 Å². The lowest BCUT2D eigenvalue weighted by molar-refractivity contribution is -0.128. The molecule has 3 rings (SSSR count). The van der Waals surface area contributed by atoms with Crippen molar-refractivity contribution < 1.29 is 19.4 Å². The summed E-state index contributed by atoms with van der Waals surface area (Å²) in [6, 6.07) is 17.3. The first-order chi connectivity index (χ1) is 14.9. The number of nitrogens with one attached hydrogen (secondary N) is 2. The third kappa shape index (κ3) is 5.62. The van der Waals surface area contributed by atoms with Crippen molar-refractivity contribution in [1.29, 1.82) is 0 Å². The van der Waals surface area contributed by atoms with Crippen LogP contribution in [-0.4, -0.2) is 61.2 Å². The van der Waals surface area contributed by atoms with Crippen LogP contribution >= 0.6 is 0 Å². The number of methoxy groups -OCH3 is 1. The van der Waals surface area contributed by atoms with Crippen LogP contribution in [0.3, 0.4) is 0 Å². The second-order valence-electron chi connectivity index (χ2n) is 7.93. The maximum absolute atomic E-state index is 12.4. The summed E-state index contributed by atoms with van der Waals surface area (Å²) in [5, 5.41) is 16.9. The second kappa shape index (κ2) is 10.4. The van der Waals surface area contributed by atoms with E-state index in [1.807, 2.05) is 59.5 Å². The minimum absolute atomic E-state index is 0.0890. The minimum atomic E-state index is -0.843. The molecule has 1 aliphatic rings. The van der Waals surface area contributed by atoms with Crippen LogP contribution in [0.2, 0.25) is 0 Å². The molecule has 2 aromatic carbocycles. The van der Waals surface area contributed by atoms with Crippen LogP contribution < -0.4 is 15.4 Å². The smallest absolute Gasteiger partial charge is 0.234 e. The van der Waals surface area contributed by atoms with E-state index < -0.39 is 11.6 Å². The summed E-state index contributed by atoms with van der Waals surface area (Å²) in [6.45, 7) is 3.06. The molecule has 0 spiro atoms. The number of rotatable bonds is 8. The second-order valence-corrected chi connectivity index (χ2v) is 7.93. The third-order valence-corrected chi connectivity index (χ3v) is 5.79. The Morgan fingerprint density at radius 1 is 1.16 bits per heavy atom. The van der Waals surface area contributed by atoms with Crippen LogP contribution in [-0.2, 0) is 21.5 Å². The molecule has 1 aliphatic heterocycles. The number of likely N-dealkylation sites (tertiary alicyclic amines) is 1. The molecule has 31 heavy (non-hydrogen) atoms. The number of aliphatic hydroxyl groups is 1. The van der Waals surface area contributed by atoms with Gasteiger partial charge in [0.25, 0.3) is 0 Å². The van der Waals surface area contributed by atoms with Gasteiger partial charge in [-0.15, -0.1) is 0 Å². The van der Waals surface area contributed by atoms with Gasteiger partial charge in [-0.1, -0.05) is 48.5 Å². The van der Waals surface area contributed by atoms with Crippen LogP contribution in [0.4, 0.5) is 0 Å². The molecule has 0 unspecified atom stereocenters. The summed E-state index contributed by atoms with van der Waals surface area (Å²) in [5.74, 6) is 0.533. The van der Waals surface area contributed by atoms with E-state index >= 15 is 0 Å². The summed E-state index contributed by atoms with van der Waals surface area (Å²) in [4.78, 5) is 26.2. The summed E-state index contributed by atoms with van der Waals surface area (Å²) in [5.41, 5.74) is 1.07. The van der Waals surface area contributed by atoms with Crippen molar-refractivity contribution in [2.45, 2.75) is 31.4 Å². The Labute approximate surface area is 183 Å². The lowest BCUT2D eigenvalue weighted by Gasteiger charge is -2.46. The number of nitrogens with zero attached hydrogens (tertiary/aromatic N) is 1. The monoisotopic (exact) mass is 425 g/mol. The summed E-state index contributed by atoms with van der Waals surface area (Å²) >= 11 is 0. The number of carbonyl (C=O) groups is 2. The van der Waals surface area contributed by atoms with Crippen LogP contribution in [0.25, 0.3) is 0 Å². The Bertz CT molecular complexity index is 889. The van der Waals surface area contributed by atoms with Gasteiger partial charge in [0, 0.05) is 26.6 Å². The molecule has 166 valence electrons. The van der Waals surface area contributed by atoms with E-state index in [4.69, 9.17) is 4.74 Å². The Kier molecular flexibility index (Phi) is 7.65. The molecule has 1 heterocycles. The molecule has 0 bridgehead atoms. The fourth-order valence-corrected chi connectivity index (χ4v) is 4.25. The van der Waals surface area contributed by atoms with E-state index in [0.717, 1.165) is 16.9 Å². The normalized spacial score (nSPS) is 21.3. The van der Waals surface area contributed by atoms with Crippen molar-refractivity contribution in [3.8, 4) is 5.75 Å². The van der Waals surface area contributed by atoms with Gasteiger partial charge in [0.1, 0.15) is 5.75 Å². The lowest BCUT2D eigenvalue weighted by atomic mass is 9.78. The molecule has 1 fully saturated rings. The number of amides is 2. The molecule has 3 N–H and O–H groups in total. The van der Waals surface area contributed by atoms with Gasteiger partial charge in [-0.25, -0.2) is 0 Å². The highest BCUT2D eigenvalue weighted by Crippen LogP contribution is 2.33. The molecule has 7 heteroatoms. The number of para-hydroxylation sites is 1. The number of ether oxygens (including phenoxy) is 1. The Morgan fingerprint density at radius 3 is 2.55 bits per heavy atom. The van der Waals surface area contributed by atoms with Gasteiger partial charge in [0.15, 0.2) is 0 Å². The third-order valence-electron chi connectivity index (χ3n) is 5.79. The average molecular weight is 426 g/mol. The van der Waals surface area contributed by atoms with Crippen molar-refractivity contribution >= 4 is 11.8 Å². The van der Waals surface area contributed by atoms with Gasteiger partial charge in [-0.3, -0.25) is 14.5 Å². The van der Waals surface area contributed by atoms with Gasteiger partial charge in [-0.2, -0.15) is 0 Å². The van der Waals surface area contributed by atoms with Gasteiger partial charge in [-0.05, 0) is 30.0 Å². The van der Waals surface area contributed by atoms with E-state index in [0.29, 0.717) is 32.5 Å². The zero-order chi connectivity index (χ0) is 22.3. The molecule has 2 amide bonds. The Hall–Kier alpha value is -2.90. The highest BCUT2D eigenvalue weighted by Gasteiger charge is 2.44. The number of hydrogen-bond donors (Lipinski definition) is 3. The maximum Gasteiger partial charge on any atom is 0.234 e. The van der Waals surface area contributed by atoms with Crippen molar-refractivity contribution in [1.82, 2.24) is 15.5 Å². The predicted octanol–water partition coefficient (Wildman–Crippen LogP) is 1.45. The first kappa shape index (κ1) is 22.8. The molecule has 0 radical (unpaired) electrons. The van der Waals surface area contributed by atoms with Crippen molar-refractivity contribution in [2.24, 2.45) is 0 Å². The van der Waals surface area contributed by atoms with Gasteiger partial charge >= 0.3 is 0 Å². The fourth-order valence-electron chi connectivity index (χ4n) is 4.25. The number of aliphatic hydroxyl groups excluding tert-OH is 1. The number of benzene rings is 2. The fraction of sp³-hybridized carbons (Fsp3) is 0.417. The Balaban J connectivity index is 1.55. The van der Waals surface area contributed by atoms with E-state index in [9.17, 15) is 14.7 Å². The minimum Gasteiger partial charge on any atom is -0.496 e. The first-order valence-corrected chi connectivity index (χ1v) is 10.6. The van der Waals surface area contributed by atoms with Crippen molar-refractivity contribution in [2.75, 3.05) is 33.3 Å². The van der Waals surface area contributed by atoms with E-state index in [-0.39, 0.29) is 18.4 Å². The predicted molar refractivity (Wildman–Crippen MR) is 119 cm³/mol.